The summed E-state index contributed by atoms with van der Waals surface area (Å²) in [5.74, 6) is 0.671. The molecule has 0 aliphatic carbocycles. The molecule has 1 aliphatic rings. The van der Waals surface area contributed by atoms with Gasteiger partial charge in [-0.2, -0.15) is 0 Å². The van der Waals surface area contributed by atoms with E-state index in [2.05, 4.69) is 0 Å². The lowest BCUT2D eigenvalue weighted by atomic mass is 9.90. The molecule has 4 nitrogen and oxygen atoms in total. The summed E-state index contributed by atoms with van der Waals surface area (Å²) in [5.41, 5.74) is 1.60. The summed E-state index contributed by atoms with van der Waals surface area (Å²) in [7, 11) is 1.49. The quantitative estimate of drug-likeness (QED) is 0.922. The third kappa shape index (κ3) is 4.10. The van der Waals surface area contributed by atoms with Gasteiger partial charge in [0.15, 0.2) is 0 Å². The lowest BCUT2D eigenvalue weighted by Crippen LogP contribution is -2.39. The average molecular weight is 343 g/mol. The summed E-state index contributed by atoms with van der Waals surface area (Å²) in [4.78, 5) is 14.5. The highest BCUT2D eigenvalue weighted by molar-refractivity contribution is 5.97. The van der Waals surface area contributed by atoms with E-state index in [1.54, 1.807) is 6.07 Å². The van der Waals surface area contributed by atoms with Crippen molar-refractivity contribution in [2.24, 2.45) is 5.92 Å². The Morgan fingerprint density at radius 2 is 1.88 bits per heavy atom. The van der Waals surface area contributed by atoms with E-state index in [0.717, 1.165) is 24.8 Å². The Kier molecular flexibility index (Phi) is 5.22. The van der Waals surface area contributed by atoms with Crippen LogP contribution in [0.1, 0.15) is 28.8 Å². The number of hydrogen-bond acceptors (Lipinski definition) is 3. The van der Waals surface area contributed by atoms with Crippen LogP contribution in [-0.2, 0) is 6.42 Å². The molecule has 5 heteroatoms. The molecule has 0 atom stereocenters. The number of phenols is 1. The fraction of sp³-hybridized carbons (Fsp3) is 0.350. The molecule has 1 amide bonds. The van der Waals surface area contributed by atoms with Gasteiger partial charge in [0.2, 0.25) is 0 Å². The van der Waals surface area contributed by atoms with Crippen LogP contribution in [0.4, 0.5) is 4.39 Å². The summed E-state index contributed by atoms with van der Waals surface area (Å²) in [5, 5.41) is 9.52. The Bertz CT molecular complexity index is 737. The predicted octanol–water partition coefficient (Wildman–Crippen LogP) is 3.63. The Morgan fingerprint density at radius 3 is 2.52 bits per heavy atom. The van der Waals surface area contributed by atoms with Crippen LogP contribution in [0.15, 0.2) is 42.5 Å². The Morgan fingerprint density at radius 1 is 1.20 bits per heavy atom. The van der Waals surface area contributed by atoms with Crippen molar-refractivity contribution in [1.29, 1.82) is 0 Å². The van der Waals surface area contributed by atoms with Gasteiger partial charge in [-0.3, -0.25) is 4.79 Å². The van der Waals surface area contributed by atoms with Gasteiger partial charge in [0.25, 0.3) is 5.91 Å². The van der Waals surface area contributed by atoms with Crippen LogP contribution in [-0.4, -0.2) is 36.1 Å². The number of piperidine rings is 1. The Balaban J connectivity index is 1.60. The number of carbonyl (C=O) groups is 1. The number of benzene rings is 2. The third-order valence-electron chi connectivity index (χ3n) is 4.75. The molecule has 0 aromatic heterocycles. The van der Waals surface area contributed by atoms with E-state index in [1.165, 1.54) is 31.4 Å². The SMILES string of the molecule is COc1cc(O)ccc1C(=O)N1CCC(Cc2ccc(F)cc2)CC1. The minimum atomic E-state index is -0.216. The van der Waals surface area contributed by atoms with Crippen LogP contribution in [0.3, 0.4) is 0 Å². The van der Waals surface area contributed by atoms with Gasteiger partial charge in [0.05, 0.1) is 12.7 Å². The molecule has 1 saturated heterocycles. The van der Waals surface area contributed by atoms with Crippen molar-refractivity contribution in [3.05, 3.63) is 59.4 Å². The fourth-order valence-electron chi connectivity index (χ4n) is 3.32. The maximum absolute atomic E-state index is 13.0. The first-order valence-electron chi connectivity index (χ1n) is 8.47. The molecule has 1 fully saturated rings. The first-order chi connectivity index (χ1) is 12.1. The lowest BCUT2D eigenvalue weighted by molar-refractivity contribution is 0.0687. The second-order valence-corrected chi connectivity index (χ2v) is 6.45. The van der Waals surface area contributed by atoms with E-state index >= 15 is 0 Å². The highest BCUT2D eigenvalue weighted by Gasteiger charge is 2.25. The number of ether oxygens (including phenoxy) is 1. The van der Waals surface area contributed by atoms with Gasteiger partial charge in [-0.05, 0) is 55.0 Å². The highest BCUT2D eigenvalue weighted by atomic mass is 19.1. The number of rotatable bonds is 4. The van der Waals surface area contributed by atoms with E-state index in [9.17, 15) is 14.3 Å². The largest absolute Gasteiger partial charge is 0.508 e. The van der Waals surface area contributed by atoms with Crippen LogP contribution in [0.5, 0.6) is 11.5 Å². The topological polar surface area (TPSA) is 49.8 Å². The first-order valence-corrected chi connectivity index (χ1v) is 8.47. The summed E-state index contributed by atoms with van der Waals surface area (Å²) < 4.78 is 18.2. The molecule has 1 N–H and O–H groups in total. The van der Waals surface area contributed by atoms with Crippen LogP contribution >= 0.6 is 0 Å². The number of amides is 1. The zero-order valence-corrected chi connectivity index (χ0v) is 14.2. The van der Waals surface area contributed by atoms with Gasteiger partial charge in [-0.15, -0.1) is 0 Å². The van der Waals surface area contributed by atoms with Gasteiger partial charge < -0.3 is 14.7 Å². The lowest BCUT2D eigenvalue weighted by Gasteiger charge is -2.32. The molecule has 2 aromatic rings. The summed E-state index contributed by atoms with van der Waals surface area (Å²) >= 11 is 0. The number of halogens is 1. The standard InChI is InChI=1S/C20H22FNO3/c1-25-19-13-17(23)6-7-18(19)20(24)22-10-8-15(9-11-22)12-14-2-4-16(21)5-3-14/h2-7,13,15,23H,8-12H2,1H3. The van der Waals surface area contributed by atoms with Crippen LogP contribution in [0.2, 0.25) is 0 Å². The summed E-state index contributed by atoms with van der Waals surface area (Å²) in [6.07, 6.45) is 2.75. The molecule has 0 saturated carbocycles. The molecule has 0 spiro atoms. The van der Waals surface area contributed by atoms with Crippen molar-refractivity contribution in [3.8, 4) is 11.5 Å². The summed E-state index contributed by atoms with van der Waals surface area (Å²) in [6.45, 7) is 1.38. The molecular formula is C20H22FNO3. The first kappa shape index (κ1) is 17.3. The molecule has 132 valence electrons. The molecule has 2 aromatic carbocycles. The van der Waals surface area contributed by atoms with E-state index in [-0.39, 0.29) is 17.5 Å². The van der Waals surface area contributed by atoms with Gasteiger partial charge in [0, 0.05) is 19.2 Å². The summed E-state index contributed by atoms with van der Waals surface area (Å²) in [6, 6.07) is 11.2. The monoisotopic (exact) mass is 343 g/mol. The zero-order valence-electron chi connectivity index (χ0n) is 14.2. The molecule has 0 radical (unpaired) electrons. The van der Waals surface area contributed by atoms with Crippen LogP contribution < -0.4 is 4.74 Å². The van der Waals surface area contributed by atoms with E-state index in [4.69, 9.17) is 4.74 Å². The molecule has 0 unspecified atom stereocenters. The van der Waals surface area contributed by atoms with Crippen LogP contribution in [0, 0.1) is 11.7 Å². The Hall–Kier alpha value is -2.56. The molecule has 0 bridgehead atoms. The maximum Gasteiger partial charge on any atom is 0.257 e. The van der Waals surface area contributed by atoms with Crippen molar-refractivity contribution in [3.63, 3.8) is 0 Å². The van der Waals surface area contributed by atoms with Gasteiger partial charge in [-0.1, -0.05) is 12.1 Å². The average Bonchev–Trinajstić information content (AvgIpc) is 2.63. The second kappa shape index (κ2) is 7.55. The molecule has 1 aliphatic heterocycles. The van der Waals surface area contributed by atoms with Crippen molar-refractivity contribution in [1.82, 2.24) is 4.90 Å². The van der Waals surface area contributed by atoms with Crippen molar-refractivity contribution >= 4 is 5.91 Å². The highest BCUT2D eigenvalue weighted by Crippen LogP contribution is 2.28. The van der Waals surface area contributed by atoms with Crippen molar-refractivity contribution < 1.29 is 19.0 Å². The third-order valence-corrected chi connectivity index (χ3v) is 4.75. The van der Waals surface area contributed by atoms with Crippen molar-refractivity contribution in [2.75, 3.05) is 20.2 Å². The number of hydrogen-bond donors (Lipinski definition) is 1. The molecule has 1 heterocycles. The Labute approximate surface area is 146 Å². The van der Waals surface area contributed by atoms with Crippen LogP contribution in [0.25, 0.3) is 0 Å². The molecular weight excluding hydrogens is 321 g/mol. The number of methoxy groups -OCH3 is 1. The maximum atomic E-state index is 13.0. The fourth-order valence-corrected chi connectivity index (χ4v) is 3.32. The number of phenolic OH excluding ortho intramolecular Hbond substituents is 1. The minimum Gasteiger partial charge on any atom is -0.508 e. The van der Waals surface area contributed by atoms with Gasteiger partial charge in [0.1, 0.15) is 17.3 Å². The molecule has 25 heavy (non-hydrogen) atoms. The minimum absolute atomic E-state index is 0.0721. The number of nitrogens with zero attached hydrogens (tertiary/aromatic N) is 1. The number of likely N-dealkylation sites (tertiary alicyclic amines) is 1. The van der Waals surface area contributed by atoms with Gasteiger partial charge in [-0.25, -0.2) is 4.39 Å². The smallest absolute Gasteiger partial charge is 0.257 e. The normalized spacial score (nSPS) is 15.2. The molecule has 3 rings (SSSR count). The number of aromatic hydroxyl groups is 1. The van der Waals surface area contributed by atoms with Crippen molar-refractivity contribution in [2.45, 2.75) is 19.3 Å². The van der Waals surface area contributed by atoms with E-state index < -0.39 is 0 Å². The zero-order chi connectivity index (χ0) is 17.8. The predicted molar refractivity (Wildman–Crippen MR) is 93.4 cm³/mol. The van der Waals surface area contributed by atoms with Gasteiger partial charge >= 0.3 is 0 Å². The van der Waals surface area contributed by atoms with E-state index in [1.807, 2.05) is 17.0 Å². The number of carbonyl (C=O) groups excluding carboxylic acids is 1. The second-order valence-electron chi connectivity index (χ2n) is 6.45. The van der Waals surface area contributed by atoms with E-state index in [0.29, 0.717) is 30.3 Å².